The van der Waals surface area contributed by atoms with E-state index in [1.807, 2.05) is 0 Å². The summed E-state index contributed by atoms with van der Waals surface area (Å²) in [5.74, 6) is 0.590. The van der Waals surface area contributed by atoms with Gasteiger partial charge in [0, 0.05) is 4.47 Å². The van der Waals surface area contributed by atoms with Crippen molar-refractivity contribution in [1.29, 1.82) is 0 Å². The summed E-state index contributed by atoms with van der Waals surface area (Å²) >= 11 is 3.44. The number of hydrogen-bond acceptors (Lipinski definition) is 1. The van der Waals surface area contributed by atoms with Crippen molar-refractivity contribution in [3.05, 3.63) is 34.1 Å². The maximum Gasteiger partial charge on any atom is 0.123 e. The fourth-order valence-electron chi connectivity index (χ4n) is 2.49. The van der Waals surface area contributed by atoms with Crippen molar-refractivity contribution in [1.82, 2.24) is 0 Å². The Bertz CT molecular complexity index is 380. The summed E-state index contributed by atoms with van der Waals surface area (Å²) in [4.78, 5) is 0. The third kappa shape index (κ3) is 2.46. The largest absolute Gasteiger partial charge is 0.393 e. The van der Waals surface area contributed by atoms with E-state index in [1.54, 1.807) is 12.1 Å². The van der Waals surface area contributed by atoms with Crippen molar-refractivity contribution in [2.45, 2.75) is 32.3 Å². The van der Waals surface area contributed by atoms with Gasteiger partial charge < -0.3 is 5.11 Å². The maximum absolute atomic E-state index is 13.1. The second kappa shape index (κ2) is 4.84. The van der Waals surface area contributed by atoms with Gasteiger partial charge in [-0.15, -0.1) is 0 Å². The lowest BCUT2D eigenvalue weighted by Crippen LogP contribution is -2.17. The highest BCUT2D eigenvalue weighted by molar-refractivity contribution is 9.10. The quantitative estimate of drug-likeness (QED) is 0.882. The summed E-state index contributed by atoms with van der Waals surface area (Å²) in [6, 6.07) is 4.79. The molecule has 88 valence electrons. The van der Waals surface area contributed by atoms with E-state index in [4.69, 9.17) is 0 Å². The number of rotatable bonds is 2. The Kier molecular flexibility index (Phi) is 3.65. The normalized spacial score (nSPS) is 29.6. The van der Waals surface area contributed by atoms with Gasteiger partial charge in [0.25, 0.3) is 0 Å². The Hall–Kier alpha value is -0.410. The highest BCUT2D eigenvalue weighted by Gasteiger charge is 2.31. The van der Waals surface area contributed by atoms with E-state index in [1.165, 1.54) is 6.07 Å². The first-order valence-electron chi connectivity index (χ1n) is 5.70. The monoisotopic (exact) mass is 286 g/mol. The van der Waals surface area contributed by atoms with Crippen LogP contribution in [0.3, 0.4) is 0 Å². The number of benzene rings is 1. The number of hydrogen-bond donors (Lipinski definition) is 1. The van der Waals surface area contributed by atoms with Crippen molar-refractivity contribution >= 4 is 15.9 Å². The smallest absolute Gasteiger partial charge is 0.123 e. The first-order chi connectivity index (χ1) is 7.58. The molecule has 0 amide bonds. The molecule has 1 saturated carbocycles. The van der Waals surface area contributed by atoms with Crippen LogP contribution in [0.2, 0.25) is 0 Å². The van der Waals surface area contributed by atoms with Crippen LogP contribution in [0.5, 0.6) is 0 Å². The highest BCUT2D eigenvalue weighted by Crippen LogP contribution is 2.35. The molecule has 2 rings (SSSR count). The van der Waals surface area contributed by atoms with Crippen LogP contribution >= 0.6 is 15.9 Å². The van der Waals surface area contributed by atoms with Crippen LogP contribution in [-0.2, 0) is 6.42 Å². The van der Waals surface area contributed by atoms with Gasteiger partial charge in [-0.25, -0.2) is 4.39 Å². The van der Waals surface area contributed by atoms with Gasteiger partial charge in [-0.05, 0) is 54.9 Å². The topological polar surface area (TPSA) is 20.2 Å². The fourth-order valence-corrected chi connectivity index (χ4v) is 2.90. The molecule has 1 aromatic carbocycles. The molecular formula is C13H16BrFO. The molecule has 1 aromatic rings. The second-order valence-corrected chi connectivity index (χ2v) is 5.56. The van der Waals surface area contributed by atoms with E-state index in [0.717, 1.165) is 29.3 Å². The Balaban J connectivity index is 2.12. The van der Waals surface area contributed by atoms with Gasteiger partial charge in [-0.2, -0.15) is 0 Å². The molecule has 1 aliphatic rings. The van der Waals surface area contributed by atoms with Crippen molar-refractivity contribution < 1.29 is 9.50 Å². The molecule has 1 nitrogen and oxygen atoms in total. The van der Waals surface area contributed by atoms with Gasteiger partial charge in [0.05, 0.1) is 6.10 Å². The zero-order chi connectivity index (χ0) is 11.7. The molecule has 3 unspecified atom stereocenters. The van der Waals surface area contributed by atoms with E-state index in [-0.39, 0.29) is 11.9 Å². The van der Waals surface area contributed by atoms with Crippen molar-refractivity contribution in [3.63, 3.8) is 0 Å². The summed E-state index contributed by atoms with van der Waals surface area (Å²) in [6.45, 7) is 2.08. The summed E-state index contributed by atoms with van der Waals surface area (Å²) < 4.78 is 14.1. The first kappa shape index (κ1) is 12.1. The van der Waals surface area contributed by atoms with Gasteiger partial charge in [0.1, 0.15) is 5.82 Å². The molecule has 0 heterocycles. The Morgan fingerprint density at radius 1 is 1.44 bits per heavy atom. The summed E-state index contributed by atoms with van der Waals surface area (Å²) in [5.41, 5.74) is 1.01. The molecule has 0 spiro atoms. The average Bonchev–Trinajstić information content (AvgIpc) is 2.55. The zero-order valence-electron chi connectivity index (χ0n) is 9.29. The lowest BCUT2D eigenvalue weighted by Gasteiger charge is -2.18. The molecule has 1 fully saturated rings. The molecule has 1 aliphatic carbocycles. The third-order valence-corrected chi connectivity index (χ3v) is 4.45. The number of aliphatic hydroxyl groups excluding tert-OH is 1. The molecule has 1 N–H and O–H groups in total. The highest BCUT2D eigenvalue weighted by atomic mass is 79.9. The minimum atomic E-state index is -0.190. The van der Waals surface area contributed by atoms with Gasteiger partial charge in [-0.3, -0.25) is 0 Å². The SMILES string of the molecule is CC1C(O)CCC1Cc1cc(F)ccc1Br. The van der Waals surface area contributed by atoms with E-state index >= 15 is 0 Å². The van der Waals surface area contributed by atoms with E-state index in [2.05, 4.69) is 22.9 Å². The minimum absolute atomic E-state index is 0.183. The summed E-state index contributed by atoms with van der Waals surface area (Å²) in [6.07, 6.45) is 2.57. The first-order valence-corrected chi connectivity index (χ1v) is 6.49. The second-order valence-electron chi connectivity index (χ2n) is 4.70. The van der Waals surface area contributed by atoms with Crippen LogP contribution in [0.4, 0.5) is 4.39 Å². The Morgan fingerprint density at radius 3 is 2.81 bits per heavy atom. The molecule has 0 aromatic heterocycles. The summed E-state index contributed by atoms with van der Waals surface area (Å²) in [7, 11) is 0. The van der Waals surface area contributed by atoms with E-state index < -0.39 is 0 Å². The molecule has 3 heteroatoms. The van der Waals surface area contributed by atoms with Crippen LogP contribution < -0.4 is 0 Å². The Labute approximate surface area is 104 Å². The van der Waals surface area contributed by atoms with Crippen molar-refractivity contribution in [2.24, 2.45) is 11.8 Å². The van der Waals surface area contributed by atoms with Crippen LogP contribution in [0, 0.1) is 17.7 Å². The van der Waals surface area contributed by atoms with E-state index in [0.29, 0.717) is 11.8 Å². The van der Waals surface area contributed by atoms with Crippen LogP contribution in [-0.4, -0.2) is 11.2 Å². The third-order valence-electron chi connectivity index (χ3n) is 3.67. The van der Waals surface area contributed by atoms with Gasteiger partial charge in [-0.1, -0.05) is 22.9 Å². The number of aliphatic hydroxyl groups is 1. The predicted octanol–water partition coefficient (Wildman–Crippen LogP) is 3.54. The van der Waals surface area contributed by atoms with Crippen LogP contribution in [0.15, 0.2) is 22.7 Å². The van der Waals surface area contributed by atoms with Crippen molar-refractivity contribution in [3.8, 4) is 0 Å². The van der Waals surface area contributed by atoms with Gasteiger partial charge >= 0.3 is 0 Å². The maximum atomic E-state index is 13.1. The standard InChI is InChI=1S/C13H16BrFO/c1-8-9(2-5-13(8)16)6-10-7-11(15)3-4-12(10)14/h3-4,7-9,13,16H,2,5-6H2,1H3. The van der Waals surface area contributed by atoms with Crippen LogP contribution in [0.1, 0.15) is 25.3 Å². The molecule has 3 atom stereocenters. The zero-order valence-corrected chi connectivity index (χ0v) is 10.9. The lowest BCUT2D eigenvalue weighted by molar-refractivity contribution is 0.127. The molecule has 0 bridgehead atoms. The molecule has 0 radical (unpaired) electrons. The molecule has 16 heavy (non-hydrogen) atoms. The Morgan fingerprint density at radius 2 is 2.19 bits per heavy atom. The predicted molar refractivity (Wildman–Crippen MR) is 65.7 cm³/mol. The van der Waals surface area contributed by atoms with Crippen molar-refractivity contribution in [2.75, 3.05) is 0 Å². The van der Waals surface area contributed by atoms with Gasteiger partial charge in [0.2, 0.25) is 0 Å². The number of halogens is 2. The van der Waals surface area contributed by atoms with Crippen LogP contribution in [0.25, 0.3) is 0 Å². The van der Waals surface area contributed by atoms with E-state index in [9.17, 15) is 9.50 Å². The average molecular weight is 287 g/mol. The van der Waals surface area contributed by atoms with Gasteiger partial charge in [0.15, 0.2) is 0 Å². The molecule has 0 saturated heterocycles. The minimum Gasteiger partial charge on any atom is -0.393 e. The molecule has 0 aliphatic heterocycles. The summed E-state index contributed by atoms with van der Waals surface area (Å²) in [5, 5.41) is 9.68. The molecular weight excluding hydrogens is 271 g/mol. The lowest BCUT2D eigenvalue weighted by atomic mass is 9.90. The fraction of sp³-hybridized carbons (Fsp3) is 0.538.